The molecule has 5 nitrogen and oxygen atoms in total. The summed E-state index contributed by atoms with van der Waals surface area (Å²) < 4.78 is 8.27. The van der Waals surface area contributed by atoms with E-state index in [1.54, 1.807) is 24.3 Å². The van der Waals surface area contributed by atoms with Crippen molar-refractivity contribution in [2.75, 3.05) is 0 Å². The normalized spacial score (nSPS) is 12.0. The lowest BCUT2D eigenvalue weighted by Gasteiger charge is -2.03. The molecule has 4 rings (SSSR count). The van der Waals surface area contributed by atoms with Crippen molar-refractivity contribution in [3.63, 3.8) is 0 Å². The number of para-hydroxylation sites is 1. The van der Waals surface area contributed by atoms with Gasteiger partial charge in [-0.2, -0.15) is 4.99 Å². The Morgan fingerprint density at radius 3 is 2.82 bits per heavy atom. The maximum absolute atomic E-state index is 12.8. The number of allylic oxidation sites excluding steroid dienone is 1. The van der Waals surface area contributed by atoms with Gasteiger partial charge in [-0.1, -0.05) is 41.7 Å². The van der Waals surface area contributed by atoms with Gasteiger partial charge in [-0.25, -0.2) is 4.79 Å². The Hall–Kier alpha value is -3.25. The van der Waals surface area contributed by atoms with Crippen molar-refractivity contribution in [3.05, 3.63) is 87.0 Å². The molecule has 28 heavy (non-hydrogen) atoms. The minimum absolute atomic E-state index is 0.0748. The second kappa shape index (κ2) is 7.05. The number of carbonyl (C=O) groups excluding carboxylic acids is 1. The molecule has 0 atom stereocenters. The Kier molecular flexibility index (Phi) is 4.57. The molecule has 0 aliphatic rings. The van der Waals surface area contributed by atoms with Crippen LogP contribution in [-0.4, -0.2) is 10.5 Å². The molecule has 2 heterocycles. The summed E-state index contributed by atoms with van der Waals surface area (Å²) in [6, 6.07) is 12.8. The molecule has 0 N–H and O–H groups in total. The van der Waals surface area contributed by atoms with Gasteiger partial charge in [-0.05, 0) is 43.2 Å². The van der Waals surface area contributed by atoms with Crippen LogP contribution in [0.5, 0.6) is 0 Å². The molecule has 0 aliphatic carbocycles. The lowest BCUT2D eigenvalue weighted by molar-refractivity contribution is 0.0994. The van der Waals surface area contributed by atoms with Crippen molar-refractivity contribution in [1.29, 1.82) is 0 Å². The number of aromatic nitrogens is 1. The smallest absolute Gasteiger partial charge is 0.349 e. The van der Waals surface area contributed by atoms with Gasteiger partial charge in [-0.15, -0.1) is 6.58 Å². The average Bonchev–Trinajstić information content (AvgIpc) is 2.99. The molecule has 0 saturated heterocycles. The van der Waals surface area contributed by atoms with Crippen molar-refractivity contribution in [2.24, 2.45) is 4.99 Å². The molecule has 2 aromatic carbocycles. The largest absolute Gasteiger partial charge is 0.422 e. The fourth-order valence-corrected chi connectivity index (χ4v) is 4.35. The van der Waals surface area contributed by atoms with E-state index in [9.17, 15) is 9.59 Å². The van der Waals surface area contributed by atoms with Crippen LogP contribution in [0.3, 0.4) is 0 Å². The first-order chi connectivity index (χ1) is 13.5. The first-order valence-corrected chi connectivity index (χ1v) is 9.63. The highest BCUT2D eigenvalue weighted by Gasteiger charge is 2.15. The monoisotopic (exact) mass is 390 g/mol. The quantitative estimate of drug-likeness (QED) is 0.386. The van der Waals surface area contributed by atoms with E-state index in [4.69, 9.17) is 4.42 Å². The summed E-state index contributed by atoms with van der Waals surface area (Å²) in [5.41, 5.74) is 2.94. The minimum atomic E-state index is -0.684. The topological polar surface area (TPSA) is 64.6 Å². The fraction of sp³-hybridized carbons (Fsp3) is 0.136. The van der Waals surface area contributed by atoms with Crippen LogP contribution in [0.25, 0.3) is 21.2 Å². The molecule has 0 aliphatic heterocycles. The number of aryl methyl sites for hydroxylation is 2. The number of fused-ring (bicyclic) bond motifs is 2. The predicted molar refractivity (Wildman–Crippen MR) is 112 cm³/mol. The number of nitrogens with zero attached hydrogens (tertiary/aromatic N) is 2. The second-order valence-corrected chi connectivity index (χ2v) is 7.59. The molecule has 4 aromatic rings. The Morgan fingerprint density at radius 1 is 1.25 bits per heavy atom. The van der Waals surface area contributed by atoms with Crippen LogP contribution in [0.4, 0.5) is 0 Å². The summed E-state index contributed by atoms with van der Waals surface area (Å²) in [6.45, 7) is 8.39. The molecule has 0 fully saturated rings. The number of benzene rings is 2. The van der Waals surface area contributed by atoms with Gasteiger partial charge in [0.1, 0.15) is 11.1 Å². The molecule has 0 saturated carbocycles. The molecule has 0 bridgehead atoms. The lowest BCUT2D eigenvalue weighted by atomic mass is 10.1. The second-order valence-electron chi connectivity index (χ2n) is 6.62. The van der Waals surface area contributed by atoms with Crippen molar-refractivity contribution in [3.8, 4) is 0 Å². The molecule has 140 valence electrons. The van der Waals surface area contributed by atoms with Crippen molar-refractivity contribution in [2.45, 2.75) is 20.4 Å². The van der Waals surface area contributed by atoms with Crippen LogP contribution in [0, 0.1) is 13.8 Å². The van der Waals surface area contributed by atoms with Crippen LogP contribution >= 0.6 is 11.3 Å². The fourth-order valence-electron chi connectivity index (χ4n) is 3.26. The Balaban J connectivity index is 1.92. The van der Waals surface area contributed by atoms with Crippen molar-refractivity contribution >= 4 is 38.4 Å². The number of amides is 1. The number of hydrogen-bond acceptors (Lipinski definition) is 4. The molecule has 1 amide bonds. The van der Waals surface area contributed by atoms with E-state index in [1.807, 2.05) is 24.5 Å². The molecule has 0 spiro atoms. The summed E-state index contributed by atoms with van der Waals surface area (Å²) in [5, 5.41) is 0.683. The van der Waals surface area contributed by atoms with Crippen molar-refractivity contribution < 1.29 is 9.21 Å². The van der Waals surface area contributed by atoms with E-state index in [0.717, 1.165) is 21.3 Å². The maximum atomic E-state index is 12.8. The van der Waals surface area contributed by atoms with E-state index >= 15 is 0 Å². The Bertz CT molecular complexity index is 1370. The molecule has 0 radical (unpaired) electrons. The summed E-state index contributed by atoms with van der Waals surface area (Å²) in [7, 11) is 0. The summed E-state index contributed by atoms with van der Waals surface area (Å²) in [6.07, 6.45) is 1.76. The van der Waals surface area contributed by atoms with Crippen LogP contribution in [0.15, 0.2) is 69.3 Å². The van der Waals surface area contributed by atoms with Gasteiger partial charge >= 0.3 is 5.63 Å². The summed E-state index contributed by atoms with van der Waals surface area (Å²) in [5.74, 6) is -0.613. The molecular formula is C22H18N2O3S. The maximum Gasteiger partial charge on any atom is 0.349 e. The zero-order valence-corrected chi connectivity index (χ0v) is 16.4. The molecular weight excluding hydrogens is 372 g/mol. The average molecular weight is 390 g/mol. The highest BCUT2D eigenvalue weighted by Crippen LogP contribution is 2.23. The minimum Gasteiger partial charge on any atom is -0.422 e. The Morgan fingerprint density at radius 2 is 2.04 bits per heavy atom. The number of carbonyl (C=O) groups is 1. The Labute approximate surface area is 164 Å². The van der Waals surface area contributed by atoms with Gasteiger partial charge in [0.25, 0.3) is 5.91 Å². The van der Waals surface area contributed by atoms with E-state index in [2.05, 4.69) is 23.7 Å². The third-order valence-electron chi connectivity index (χ3n) is 4.50. The van der Waals surface area contributed by atoms with Crippen LogP contribution in [0.2, 0.25) is 0 Å². The number of rotatable bonds is 3. The summed E-state index contributed by atoms with van der Waals surface area (Å²) in [4.78, 5) is 29.9. The SMILES string of the molecule is C=CCn1c(=NC(=O)c2cc3ccccc3oc2=O)sc2c(C)cc(C)cc21. The van der Waals surface area contributed by atoms with Gasteiger partial charge in [0, 0.05) is 11.9 Å². The highest BCUT2D eigenvalue weighted by molar-refractivity contribution is 7.16. The van der Waals surface area contributed by atoms with E-state index in [1.165, 1.54) is 17.4 Å². The van der Waals surface area contributed by atoms with Crippen molar-refractivity contribution in [1.82, 2.24) is 4.57 Å². The van der Waals surface area contributed by atoms with Crippen LogP contribution in [-0.2, 0) is 6.54 Å². The molecule has 2 aromatic heterocycles. The van der Waals surface area contributed by atoms with Crippen LogP contribution < -0.4 is 10.4 Å². The number of hydrogen-bond donors (Lipinski definition) is 0. The van der Waals surface area contributed by atoms with Crippen LogP contribution in [0.1, 0.15) is 21.5 Å². The zero-order valence-electron chi connectivity index (χ0n) is 15.6. The summed E-state index contributed by atoms with van der Waals surface area (Å²) >= 11 is 1.43. The third-order valence-corrected chi connectivity index (χ3v) is 5.72. The van der Waals surface area contributed by atoms with Gasteiger partial charge in [0.2, 0.25) is 0 Å². The third kappa shape index (κ3) is 3.12. The molecule has 6 heteroatoms. The standard InChI is InChI=1S/C22H18N2O3S/c1-4-9-24-17-11-13(2)10-14(3)19(17)28-22(24)23-20(25)16-12-15-7-5-6-8-18(15)27-21(16)26/h4-8,10-12H,1,9H2,2-3H3. The predicted octanol–water partition coefficient (Wildman–Crippen LogP) is 4.35. The zero-order chi connectivity index (χ0) is 19.8. The first-order valence-electron chi connectivity index (χ1n) is 8.81. The highest BCUT2D eigenvalue weighted by atomic mass is 32.1. The molecule has 0 unspecified atom stereocenters. The van der Waals surface area contributed by atoms with E-state index in [-0.39, 0.29) is 5.56 Å². The van der Waals surface area contributed by atoms with Gasteiger partial charge in [0.15, 0.2) is 4.80 Å². The number of thiazole rings is 1. The van der Waals surface area contributed by atoms with Gasteiger partial charge in [0.05, 0.1) is 10.2 Å². The van der Waals surface area contributed by atoms with Gasteiger partial charge in [-0.3, -0.25) is 4.79 Å². The van der Waals surface area contributed by atoms with Gasteiger partial charge < -0.3 is 8.98 Å². The van der Waals surface area contributed by atoms with E-state index in [0.29, 0.717) is 22.3 Å². The van der Waals surface area contributed by atoms with E-state index < -0.39 is 11.5 Å². The first kappa shape index (κ1) is 18.1. The lowest BCUT2D eigenvalue weighted by Crippen LogP contribution is -2.19.